The summed E-state index contributed by atoms with van der Waals surface area (Å²) >= 11 is 5.81. The Morgan fingerprint density at radius 1 is 1.57 bits per heavy atom. The summed E-state index contributed by atoms with van der Waals surface area (Å²) in [6.07, 6.45) is 1.79. The lowest BCUT2D eigenvalue weighted by molar-refractivity contribution is 0.112. The van der Waals surface area contributed by atoms with Crippen LogP contribution in [-0.2, 0) is 0 Å². The van der Waals surface area contributed by atoms with Gasteiger partial charge in [0, 0.05) is 16.6 Å². The minimum Gasteiger partial charge on any atom is -0.313 e. The Bertz CT molecular complexity index is 321. The summed E-state index contributed by atoms with van der Waals surface area (Å²) in [4.78, 5) is 10.8. The Kier molecular flexibility index (Phi) is 4.11. The summed E-state index contributed by atoms with van der Waals surface area (Å²) in [5, 5.41) is 3.76. The molecule has 0 heterocycles. The van der Waals surface area contributed by atoms with Gasteiger partial charge in [0.05, 0.1) is 0 Å². The number of hydrogen-bond acceptors (Lipinski definition) is 2. The summed E-state index contributed by atoms with van der Waals surface area (Å²) in [5.41, 5.74) is 1.67. The van der Waals surface area contributed by atoms with E-state index in [9.17, 15) is 4.79 Å². The number of hydrogen-bond donors (Lipinski definition) is 1. The predicted molar refractivity (Wildman–Crippen MR) is 58.9 cm³/mol. The predicted octanol–water partition coefficient (Wildman–Crippen LogP) is 2.82. The number of carbonyl (C=O) groups excluding carboxylic acids is 1. The number of rotatable bonds is 4. The van der Waals surface area contributed by atoms with Gasteiger partial charge in [-0.25, -0.2) is 0 Å². The first-order valence-electron chi connectivity index (χ1n) is 4.64. The van der Waals surface area contributed by atoms with Gasteiger partial charge in [-0.15, -0.1) is 0 Å². The standard InChI is InChI=1S/C11H14ClNO/c1-3-11(13-2)10-5-4-9(12)6-8(10)7-14/h4-7,11,13H,3H2,1-2H3. The molecule has 0 amide bonds. The third-order valence-electron chi connectivity index (χ3n) is 2.31. The SMILES string of the molecule is CCC(NC)c1ccc(Cl)cc1C=O. The minimum atomic E-state index is 0.215. The Morgan fingerprint density at radius 3 is 2.79 bits per heavy atom. The van der Waals surface area contributed by atoms with E-state index < -0.39 is 0 Å². The van der Waals surface area contributed by atoms with Crippen LogP contribution >= 0.6 is 11.6 Å². The van der Waals surface area contributed by atoms with Crippen molar-refractivity contribution < 1.29 is 4.79 Å². The third kappa shape index (κ3) is 2.34. The molecule has 1 atom stereocenters. The maximum Gasteiger partial charge on any atom is 0.150 e. The van der Waals surface area contributed by atoms with Crippen LogP contribution in [0.15, 0.2) is 18.2 Å². The van der Waals surface area contributed by atoms with E-state index in [1.54, 1.807) is 6.07 Å². The van der Waals surface area contributed by atoms with E-state index in [-0.39, 0.29) is 6.04 Å². The number of carbonyl (C=O) groups is 1. The van der Waals surface area contributed by atoms with E-state index in [1.807, 2.05) is 19.2 Å². The lowest BCUT2D eigenvalue weighted by Crippen LogP contribution is -2.16. The second-order valence-electron chi connectivity index (χ2n) is 3.14. The molecule has 0 fully saturated rings. The summed E-state index contributed by atoms with van der Waals surface area (Å²) in [5.74, 6) is 0. The zero-order valence-corrected chi connectivity index (χ0v) is 9.14. The normalized spacial score (nSPS) is 12.5. The number of halogens is 1. The lowest BCUT2D eigenvalue weighted by Gasteiger charge is -2.16. The molecule has 76 valence electrons. The smallest absolute Gasteiger partial charge is 0.150 e. The van der Waals surface area contributed by atoms with Gasteiger partial charge in [-0.05, 0) is 31.2 Å². The highest BCUT2D eigenvalue weighted by atomic mass is 35.5. The first kappa shape index (κ1) is 11.2. The Hall–Kier alpha value is -0.860. The van der Waals surface area contributed by atoms with Gasteiger partial charge in [0.25, 0.3) is 0 Å². The molecule has 1 unspecified atom stereocenters. The number of benzene rings is 1. The highest BCUT2D eigenvalue weighted by Crippen LogP contribution is 2.22. The van der Waals surface area contributed by atoms with E-state index in [0.717, 1.165) is 18.3 Å². The van der Waals surface area contributed by atoms with Crippen molar-refractivity contribution in [1.29, 1.82) is 0 Å². The molecule has 0 radical (unpaired) electrons. The molecule has 14 heavy (non-hydrogen) atoms. The Morgan fingerprint density at radius 2 is 2.29 bits per heavy atom. The molecular formula is C11H14ClNO. The second-order valence-corrected chi connectivity index (χ2v) is 3.58. The van der Waals surface area contributed by atoms with E-state index in [2.05, 4.69) is 12.2 Å². The Labute approximate surface area is 89.3 Å². The molecular weight excluding hydrogens is 198 g/mol. The molecule has 0 bridgehead atoms. The van der Waals surface area contributed by atoms with E-state index in [0.29, 0.717) is 10.6 Å². The highest BCUT2D eigenvalue weighted by molar-refractivity contribution is 6.30. The lowest BCUT2D eigenvalue weighted by atomic mass is 9.99. The average Bonchev–Trinajstić information content (AvgIpc) is 2.21. The second kappa shape index (κ2) is 5.13. The van der Waals surface area contributed by atoms with Crippen molar-refractivity contribution in [2.45, 2.75) is 19.4 Å². The molecule has 0 aliphatic heterocycles. The van der Waals surface area contributed by atoms with Crippen molar-refractivity contribution in [2.75, 3.05) is 7.05 Å². The van der Waals surface area contributed by atoms with Gasteiger partial charge < -0.3 is 5.32 Å². The van der Waals surface area contributed by atoms with Crippen LogP contribution in [0, 0.1) is 0 Å². The minimum absolute atomic E-state index is 0.215. The van der Waals surface area contributed by atoms with Crippen LogP contribution in [0.3, 0.4) is 0 Å². The molecule has 2 nitrogen and oxygen atoms in total. The maximum absolute atomic E-state index is 10.8. The van der Waals surface area contributed by atoms with Crippen LogP contribution in [0.4, 0.5) is 0 Å². The maximum atomic E-state index is 10.8. The zero-order valence-electron chi connectivity index (χ0n) is 8.38. The summed E-state index contributed by atoms with van der Waals surface area (Å²) in [7, 11) is 1.89. The summed E-state index contributed by atoms with van der Waals surface area (Å²) in [6, 6.07) is 5.62. The Balaban J connectivity index is 3.12. The van der Waals surface area contributed by atoms with Gasteiger partial charge in [-0.2, -0.15) is 0 Å². The third-order valence-corrected chi connectivity index (χ3v) is 2.54. The van der Waals surface area contributed by atoms with E-state index >= 15 is 0 Å². The van der Waals surface area contributed by atoms with Crippen molar-refractivity contribution in [3.8, 4) is 0 Å². The quantitative estimate of drug-likeness (QED) is 0.776. The van der Waals surface area contributed by atoms with Crippen LogP contribution in [0.5, 0.6) is 0 Å². The average molecular weight is 212 g/mol. The van der Waals surface area contributed by atoms with Crippen molar-refractivity contribution in [1.82, 2.24) is 5.32 Å². The first-order valence-corrected chi connectivity index (χ1v) is 5.02. The molecule has 0 spiro atoms. The van der Waals surface area contributed by atoms with Crippen LogP contribution in [0.25, 0.3) is 0 Å². The van der Waals surface area contributed by atoms with E-state index in [1.165, 1.54) is 0 Å². The largest absolute Gasteiger partial charge is 0.313 e. The van der Waals surface area contributed by atoms with Crippen LogP contribution in [0.1, 0.15) is 35.3 Å². The summed E-state index contributed by atoms with van der Waals surface area (Å²) in [6.45, 7) is 2.07. The molecule has 3 heteroatoms. The van der Waals surface area contributed by atoms with Gasteiger partial charge in [0.15, 0.2) is 0 Å². The molecule has 0 aromatic heterocycles. The van der Waals surface area contributed by atoms with Gasteiger partial charge in [0.2, 0.25) is 0 Å². The molecule has 0 aliphatic carbocycles. The van der Waals surface area contributed by atoms with Crippen molar-refractivity contribution in [3.05, 3.63) is 34.3 Å². The summed E-state index contributed by atoms with van der Waals surface area (Å²) < 4.78 is 0. The monoisotopic (exact) mass is 211 g/mol. The van der Waals surface area contributed by atoms with Gasteiger partial charge in [0.1, 0.15) is 6.29 Å². The van der Waals surface area contributed by atoms with Crippen LogP contribution in [-0.4, -0.2) is 13.3 Å². The molecule has 0 saturated heterocycles. The number of nitrogens with one attached hydrogen (secondary N) is 1. The molecule has 0 saturated carbocycles. The van der Waals surface area contributed by atoms with Crippen molar-refractivity contribution >= 4 is 17.9 Å². The van der Waals surface area contributed by atoms with Gasteiger partial charge >= 0.3 is 0 Å². The fourth-order valence-corrected chi connectivity index (χ4v) is 1.73. The highest BCUT2D eigenvalue weighted by Gasteiger charge is 2.11. The van der Waals surface area contributed by atoms with Crippen LogP contribution in [0.2, 0.25) is 5.02 Å². The fraction of sp³-hybridized carbons (Fsp3) is 0.364. The van der Waals surface area contributed by atoms with Crippen molar-refractivity contribution in [2.24, 2.45) is 0 Å². The molecule has 0 aliphatic rings. The van der Waals surface area contributed by atoms with Gasteiger partial charge in [-0.3, -0.25) is 4.79 Å². The molecule has 1 aromatic carbocycles. The topological polar surface area (TPSA) is 29.1 Å². The molecule has 1 rings (SSSR count). The first-order chi connectivity index (χ1) is 6.72. The van der Waals surface area contributed by atoms with Gasteiger partial charge in [-0.1, -0.05) is 24.6 Å². The van der Waals surface area contributed by atoms with Crippen molar-refractivity contribution in [3.63, 3.8) is 0 Å². The van der Waals surface area contributed by atoms with E-state index in [4.69, 9.17) is 11.6 Å². The fourth-order valence-electron chi connectivity index (χ4n) is 1.54. The van der Waals surface area contributed by atoms with Crippen LogP contribution < -0.4 is 5.32 Å². The molecule has 1 aromatic rings. The molecule has 1 N–H and O–H groups in total. The number of aldehydes is 1. The zero-order chi connectivity index (χ0) is 10.6.